The third-order valence-corrected chi connectivity index (χ3v) is 4.03. The van der Waals surface area contributed by atoms with Crippen molar-refractivity contribution in [3.63, 3.8) is 0 Å². The molecule has 0 aliphatic carbocycles. The second kappa shape index (κ2) is 9.67. The fourth-order valence-corrected chi connectivity index (χ4v) is 2.67. The predicted molar refractivity (Wildman–Crippen MR) is 95.0 cm³/mol. The van der Waals surface area contributed by atoms with Crippen molar-refractivity contribution in [2.75, 3.05) is 19.8 Å². The van der Waals surface area contributed by atoms with Crippen LogP contribution in [0.1, 0.15) is 18.2 Å². The van der Waals surface area contributed by atoms with E-state index in [0.717, 1.165) is 16.7 Å². The van der Waals surface area contributed by atoms with Crippen LogP contribution in [0.3, 0.4) is 0 Å². The first kappa shape index (κ1) is 22.6. The molecule has 0 spiro atoms. The lowest BCUT2D eigenvalue weighted by Gasteiger charge is -2.15. The van der Waals surface area contributed by atoms with E-state index in [1.54, 1.807) is 5.32 Å². The van der Waals surface area contributed by atoms with Crippen molar-refractivity contribution in [3.8, 4) is 0 Å². The number of halogens is 3. The SMILES string of the molecule is C=CCOC1C[C@H](n2cc(/C=C/CNC(=O)C(F)(F)F)c(=O)[nH]c2=O)O[C@@H]1CO. The van der Waals surface area contributed by atoms with Crippen LogP contribution in [0.25, 0.3) is 6.08 Å². The van der Waals surface area contributed by atoms with E-state index in [-0.39, 0.29) is 25.2 Å². The number of H-pyrrole nitrogens is 1. The molecule has 1 unspecified atom stereocenters. The van der Waals surface area contributed by atoms with E-state index in [0.29, 0.717) is 0 Å². The second-order valence-electron chi connectivity index (χ2n) is 6.07. The molecule has 0 aromatic carbocycles. The molecule has 9 nitrogen and oxygen atoms in total. The molecule has 0 saturated carbocycles. The van der Waals surface area contributed by atoms with Gasteiger partial charge in [0.2, 0.25) is 0 Å². The Bertz CT molecular complexity index is 876. The summed E-state index contributed by atoms with van der Waals surface area (Å²) in [4.78, 5) is 36.9. The number of aromatic amines is 1. The quantitative estimate of drug-likeness (QED) is 0.513. The minimum absolute atomic E-state index is 0.0366. The van der Waals surface area contributed by atoms with Gasteiger partial charge in [-0.15, -0.1) is 6.58 Å². The van der Waals surface area contributed by atoms with Gasteiger partial charge in [-0.3, -0.25) is 19.1 Å². The molecule has 0 radical (unpaired) electrons. The molecule has 2 heterocycles. The lowest BCUT2D eigenvalue weighted by atomic mass is 10.2. The van der Waals surface area contributed by atoms with Crippen LogP contribution >= 0.6 is 0 Å². The average molecular weight is 419 g/mol. The summed E-state index contributed by atoms with van der Waals surface area (Å²) in [5, 5.41) is 11.0. The number of rotatable bonds is 8. The summed E-state index contributed by atoms with van der Waals surface area (Å²) < 4.78 is 48.6. The first-order chi connectivity index (χ1) is 13.7. The van der Waals surface area contributed by atoms with Gasteiger partial charge in [0.25, 0.3) is 5.56 Å². The number of alkyl halides is 3. The van der Waals surface area contributed by atoms with Gasteiger partial charge in [0.05, 0.1) is 24.9 Å². The first-order valence-electron chi connectivity index (χ1n) is 8.53. The number of ether oxygens (including phenoxy) is 2. The van der Waals surface area contributed by atoms with Crippen molar-refractivity contribution in [1.82, 2.24) is 14.9 Å². The van der Waals surface area contributed by atoms with Crippen LogP contribution in [0.2, 0.25) is 0 Å². The molecule has 1 aliphatic heterocycles. The zero-order chi connectivity index (χ0) is 21.6. The Morgan fingerprint density at radius 3 is 2.83 bits per heavy atom. The number of carbonyl (C=O) groups excluding carboxylic acids is 1. The maximum absolute atomic E-state index is 12.1. The molecule has 1 aromatic rings. The number of hydrogen-bond acceptors (Lipinski definition) is 6. The lowest BCUT2D eigenvalue weighted by Crippen LogP contribution is -2.36. The number of aromatic nitrogens is 2. The van der Waals surface area contributed by atoms with Gasteiger partial charge in [-0.2, -0.15) is 13.2 Å². The predicted octanol–water partition coefficient (Wildman–Crippen LogP) is 0.0793. The van der Waals surface area contributed by atoms with E-state index in [4.69, 9.17) is 9.47 Å². The fraction of sp³-hybridized carbons (Fsp3) is 0.471. The Labute approximate surface area is 162 Å². The molecule has 160 valence electrons. The Kier molecular flexibility index (Phi) is 7.53. The topological polar surface area (TPSA) is 123 Å². The summed E-state index contributed by atoms with van der Waals surface area (Å²) in [6, 6.07) is 0. The molecule has 0 bridgehead atoms. The van der Waals surface area contributed by atoms with Gasteiger partial charge in [0.15, 0.2) is 0 Å². The van der Waals surface area contributed by atoms with E-state index in [2.05, 4.69) is 11.6 Å². The van der Waals surface area contributed by atoms with Crippen LogP contribution < -0.4 is 16.6 Å². The molecule has 12 heteroatoms. The molecule has 1 amide bonds. The number of carbonyl (C=O) groups is 1. The minimum atomic E-state index is -5.01. The Morgan fingerprint density at radius 2 is 2.21 bits per heavy atom. The molecule has 3 atom stereocenters. The summed E-state index contributed by atoms with van der Waals surface area (Å²) in [7, 11) is 0. The molecule has 1 aliphatic rings. The summed E-state index contributed by atoms with van der Waals surface area (Å²) in [5.74, 6) is -2.11. The van der Waals surface area contributed by atoms with Crippen molar-refractivity contribution in [3.05, 3.63) is 51.3 Å². The minimum Gasteiger partial charge on any atom is -0.394 e. The fourth-order valence-electron chi connectivity index (χ4n) is 2.67. The van der Waals surface area contributed by atoms with Gasteiger partial charge in [0, 0.05) is 19.2 Å². The largest absolute Gasteiger partial charge is 0.471 e. The average Bonchev–Trinajstić information content (AvgIpc) is 3.06. The van der Waals surface area contributed by atoms with Crippen molar-refractivity contribution in [1.29, 1.82) is 0 Å². The van der Waals surface area contributed by atoms with Gasteiger partial charge in [-0.05, 0) is 0 Å². The standard InChI is InChI=1S/C17H20F3N3O6/c1-2-6-28-11-7-13(29-12(11)9-24)23-8-10(14(25)22-16(23)27)4-3-5-21-15(26)17(18,19)20/h2-4,8,11-13,24H,1,5-7,9H2,(H,21,26)(H,22,25,27)/b4-3+/t11?,12-,13-/m1/s1. The summed E-state index contributed by atoms with van der Waals surface area (Å²) >= 11 is 0. The monoisotopic (exact) mass is 419 g/mol. The lowest BCUT2D eigenvalue weighted by molar-refractivity contribution is -0.173. The van der Waals surface area contributed by atoms with Gasteiger partial charge in [-0.1, -0.05) is 18.2 Å². The second-order valence-corrected chi connectivity index (χ2v) is 6.07. The normalized spacial score (nSPS) is 22.1. The first-order valence-corrected chi connectivity index (χ1v) is 8.53. The molecule has 29 heavy (non-hydrogen) atoms. The molecule has 1 fully saturated rings. The number of aliphatic hydroxyl groups is 1. The van der Waals surface area contributed by atoms with Gasteiger partial charge in [-0.25, -0.2) is 4.79 Å². The highest BCUT2D eigenvalue weighted by atomic mass is 19.4. The zero-order valence-electron chi connectivity index (χ0n) is 15.1. The van der Waals surface area contributed by atoms with Gasteiger partial charge >= 0.3 is 17.8 Å². The highest BCUT2D eigenvalue weighted by molar-refractivity contribution is 5.81. The number of amides is 1. The van der Waals surface area contributed by atoms with Crippen LogP contribution in [-0.2, 0) is 14.3 Å². The van der Waals surface area contributed by atoms with Crippen molar-refractivity contribution in [2.24, 2.45) is 0 Å². The summed E-state index contributed by atoms with van der Waals surface area (Å²) in [5.41, 5.74) is -1.56. The number of hydrogen-bond donors (Lipinski definition) is 3. The summed E-state index contributed by atoms with van der Waals surface area (Å²) in [6.07, 6.45) is -1.81. The smallest absolute Gasteiger partial charge is 0.394 e. The molecular weight excluding hydrogens is 399 g/mol. The third-order valence-electron chi connectivity index (χ3n) is 4.03. The third kappa shape index (κ3) is 5.89. The maximum atomic E-state index is 12.1. The van der Waals surface area contributed by atoms with E-state index >= 15 is 0 Å². The van der Waals surface area contributed by atoms with Crippen LogP contribution in [0.5, 0.6) is 0 Å². The Morgan fingerprint density at radius 1 is 1.48 bits per heavy atom. The van der Waals surface area contributed by atoms with Crippen molar-refractivity contribution >= 4 is 12.0 Å². The van der Waals surface area contributed by atoms with Crippen LogP contribution in [0.4, 0.5) is 13.2 Å². The molecule has 1 aromatic heterocycles. The Hall–Kier alpha value is -2.70. The van der Waals surface area contributed by atoms with Crippen molar-refractivity contribution in [2.45, 2.75) is 31.0 Å². The van der Waals surface area contributed by atoms with E-state index < -0.39 is 48.3 Å². The number of aliphatic hydroxyl groups excluding tert-OH is 1. The number of nitrogens with zero attached hydrogens (tertiary/aromatic N) is 1. The summed E-state index contributed by atoms with van der Waals surface area (Å²) in [6.45, 7) is 2.93. The molecule has 1 saturated heterocycles. The van der Waals surface area contributed by atoms with Crippen LogP contribution in [-0.4, -0.2) is 58.7 Å². The van der Waals surface area contributed by atoms with E-state index in [9.17, 15) is 32.7 Å². The van der Waals surface area contributed by atoms with Crippen LogP contribution in [0, 0.1) is 0 Å². The van der Waals surface area contributed by atoms with Crippen molar-refractivity contribution < 1.29 is 32.5 Å². The van der Waals surface area contributed by atoms with E-state index in [1.165, 1.54) is 12.3 Å². The van der Waals surface area contributed by atoms with E-state index in [1.807, 2.05) is 0 Å². The Balaban J connectivity index is 2.14. The number of nitrogens with one attached hydrogen (secondary N) is 2. The van der Waals surface area contributed by atoms with Gasteiger partial charge < -0.3 is 19.9 Å². The molecular formula is C17H20F3N3O6. The van der Waals surface area contributed by atoms with Gasteiger partial charge in [0.1, 0.15) is 12.3 Å². The maximum Gasteiger partial charge on any atom is 0.471 e. The molecule has 3 N–H and O–H groups in total. The van der Waals surface area contributed by atoms with Crippen LogP contribution in [0.15, 0.2) is 34.5 Å². The zero-order valence-corrected chi connectivity index (χ0v) is 15.1. The highest BCUT2D eigenvalue weighted by Gasteiger charge is 2.38. The highest BCUT2D eigenvalue weighted by Crippen LogP contribution is 2.29. The molecule has 2 rings (SSSR count).